The van der Waals surface area contributed by atoms with Crippen LogP contribution in [-0.2, 0) is 0 Å². The Balaban J connectivity index is 2.17. The molecule has 0 amide bonds. The van der Waals surface area contributed by atoms with E-state index in [2.05, 4.69) is 0 Å². The molecule has 2 aromatic carbocycles. The number of benzene rings is 2. The highest BCUT2D eigenvalue weighted by Crippen LogP contribution is 2.37. The van der Waals surface area contributed by atoms with Crippen molar-refractivity contribution in [3.63, 3.8) is 0 Å². The first-order valence-electron chi connectivity index (χ1n) is 6.47. The van der Waals surface area contributed by atoms with Crippen LogP contribution in [0.15, 0.2) is 47.5 Å². The molecule has 3 rings (SSSR count). The first kappa shape index (κ1) is 14.9. The molecule has 0 fully saturated rings. The number of halogens is 1. The molecule has 0 heterocycles. The summed E-state index contributed by atoms with van der Waals surface area (Å²) in [5.41, 5.74) is 0.0385. The lowest BCUT2D eigenvalue weighted by molar-refractivity contribution is -0.384. The van der Waals surface area contributed by atoms with Gasteiger partial charge >= 0.3 is 0 Å². The number of phenols is 1. The van der Waals surface area contributed by atoms with Crippen molar-refractivity contribution in [2.24, 2.45) is 0 Å². The van der Waals surface area contributed by atoms with E-state index in [9.17, 15) is 24.8 Å². The highest BCUT2D eigenvalue weighted by atomic mass is 35.5. The summed E-state index contributed by atoms with van der Waals surface area (Å²) in [5, 5.41) is 20.2. The van der Waals surface area contributed by atoms with Crippen LogP contribution >= 0.6 is 11.6 Å². The van der Waals surface area contributed by atoms with E-state index in [1.54, 1.807) is 0 Å². The first-order valence-corrected chi connectivity index (χ1v) is 6.85. The van der Waals surface area contributed by atoms with Crippen molar-refractivity contribution in [2.75, 3.05) is 0 Å². The number of ketones is 2. The third kappa shape index (κ3) is 2.29. The summed E-state index contributed by atoms with van der Waals surface area (Å²) in [6.45, 7) is 0. The predicted octanol–water partition coefficient (Wildman–Crippen LogP) is 3.33. The molecule has 1 aliphatic rings. The Morgan fingerprint density at radius 3 is 2.26 bits per heavy atom. The monoisotopic (exact) mass is 329 g/mol. The van der Waals surface area contributed by atoms with E-state index in [0.717, 1.165) is 0 Å². The van der Waals surface area contributed by atoms with Crippen molar-refractivity contribution in [1.29, 1.82) is 0 Å². The Hall–Kier alpha value is -2.99. The number of non-ortho nitro benzene ring substituents is 1. The molecular weight excluding hydrogens is 322 g/mol. The number of nitrogens with zero attached hydrogens (tertiary/aromatic N) is 1. The molecule has 0 aromatic heterocycles. The van der Waals surface area contributed by atoms with E-state index < -0.39 is 16.5 Å². The lowest BCUT2D eigenvalue weighted by Crippen LogP contribution is -2.19. The minimum absolute atomic E-state index is 0.0373. The number of fused-ring (bicyclic) bond motifs is 1. The van der Waals surface area contributed by atoms with Crippen molar-refractivity contribution in [1.82, 2.24) is 0 Å². The minimum Gasteiger partial charge on any atom is -0.507 e. The number of phenolic OH excluding ortho intramolecular Hbond substituents is 1. The van der Waals surface area contributed by atoms with Crippen molar-refractivity contribution in [3.05, 3.63) is 74.3 Å². The van der Waals surface area contributed by atoms with E-state index in [1.807, 2.05) is 0 Å². The summed E-state index contributed by atoms with van der Waals surface area (Å²) in [7, 11) is 0. The standard InChI is InChI=1S/C16H8ClNO5/c17-14-12(8-4-6-9(7-5-8)18(22)23)15(20)10-2-1-3-11(19)13(10)16(14)21/h1-7,19H. The highest BCUT2D eigenvalue weighted by molar-refractivity contribution is 6.57. The van der Waals surface area contributed by atoms with Gasteiger partial charge in [0.15, 0.2) is 5.78 Å². The molecule has 6 nitrogen and oxygen atoms in total. The number of aromatic hydroxyl groups is 1. The molecule has 0 bridgehead atoms. The van der Waals surface area contributed by atoms with Crippen LogP contribution in [0.5, 0.6) is 5.75 Å². The molecule has 0 aliphatic heterocycles. The Labute approximate surface area is 134 Å². The fraction of sp³-hybridized carbons (Fsp3) is 0. The summed E-state index contributed by atoms with van der Waals surface area (Å²) >= 11 is 6.03. The van der Waals surface area contributed by atoms with Crippen LogP contribution < -0.4 is 0 Å². The molecule has 0 spiro atoms. The maximum Gasteiger partial charge on any atom is 0.269 e. The van der Waals surface area contributed by atoms with E-state index >= 15 is 0 Å². The fourth-order valence-corrected chi connectivity index (χ4v) is 2.72. The lowest BCUT2D eigenvalue weighted by Gasteiger charge is -2.18. The van der Waals surface area contributed by atoms with Gasteiger partial charge in [-0.2, -0.15) is 0 Å². The molecule has 0 radical (unpaired) electrons. The van der Waals surface area contributed by atoms with Crippen molar-refractivity contribution >= 4 is 34.4 Å². The van der Waals surface area contributed by atoms with Crippen LogP contribution in [0.2, 0.25) is 0 Å². The topological polar surface area (TPSA) is 97.5 Å². The summed E-state index contributed by atoms with van der Waals surface area (Å²) in [6, 6.07) is 9.33. The molecule has 114 valence electrons. The normalized spacial score (nSPS) is 14.0. The number of allylic oxidation sites excluding steroid dienone is 2. The molecule has 2 aromatic rings. The van der Waals surface area contributed by atoms with Crippen molar-refractivity contribution in [3.8, 4) is 5.75 Å². The van der Waals surface area contributed by atoms with Gasteiger partial charge in [-0.25, -0.2) is 0 Å². The molecule has 0 saturated carbocycles. The Morgan fingerprint density at radius 2 is 1.65 bits per heavy atom. The summed E-state index contributed by atoms with van der Waals surface area (Å²) in [6.07, 6.45) is 0. The number of carbonyl (C=O) groups is 2. The second-order valence-corrected chi connectivity index (χ2v) is 5.23. The molecule has 1 N–H and O–H groups in total. The number of nitro benzene ring substituents is 1. The SMILES string of the molecule is O=C1C(c2ccc([N+](=O)[O-])cc2)=C(Cl)C(=O)c2c(O)cccc21. The molecule has 7 heteroatoms. The summed E-state index contributed by atoms with van der Waals surface area (Å²) in [5.74, 6) is -1.50. The van der Waals surface area contributed by atoms with Gasteiger partial charge in [-0.05, 0) is 23.8 Å². The second-order valence-electron chi connectivity index (χ2n) is 4.85. The summed E-state index contributed by atoms with van der Waals surface area (Å²) < 4.78 is 0. The number of hydrogen-bond donors (Lipinski definition) is 1. The average molecular weight is 330 g/mol. The molecule has 1 aliphatic carbocycles. The van der Waals surface area contributed by atoms with E-state index in [4.69, 9.17) is 11.6 Å². The molecule has 0 atom stereocenters. The number of rotatable bonds is 2. The number of Topliss-reactive ketones (excluding diaryl/α,β-unsaturated/α-hetero) is 2. The van der Waals surface area contributed by atoms with Gasteiger partial charge in [0.05, 0.1) is 16.1 Å². The Kier molecular flexibility index (Phi) is 3.46. The Bertz CT molecular complexity index is 899. The largest absolute Gasteiger partial charge is 0.507 e. The van der Waals surface area contributed by atoms with Gasteiger partial charge in [-0.1, -0.05) is 23.7 Å². The zero-order chi connectivity index (χ0) is 16.7. The Morgan fingerprint density at radius 1 is 1.00 bits per heavy atom. The summed E-state index contributed by atoms with van der Waals surface area (Å²) in [4.78, 5) is 35.1. The van der Waals surface area contributed by atoms with E-state index in [1.165, 1.54) is 42.5 Å². The average Bonchev–Trinajstić information content (AvgIpc) is 2.53. The quantitative estimate of drug-likeness (QED) is 0.673. The van der Waals surface area contributed by atoms with E-state index in [0.29, 0.717) is 5.56 Å². The second kappa shape index (κ2) is 5.33. The van der Waals surface area contributed by atoms with Crippen LogP contribution in [0.3, 0.4) is 0 Å². The van der Waals surface area contributed by atoms with Crippen LogP contribution in [0.4, 0.5) is 5.69 Å². The fourth-order valence-electron chi connectivity index (χ4n) is 2.43. The smallest absolute Gasteiger partial charge is 0.269 e. The predicted molar refractivity (Wildman–Crippen MR) is 82.6 cm³/mol. The number of carbonyl (C=O) groups excluding carboxylic acids is 2. The van der Waals surface area contributed by atoms with Gasteiger partial charge in [-0.3, -0.25) is 19.7 Å². The molecule has 0 unspecified atom stereocenters. The van der Waals surface area contributed by atoms with Crippen molar-refractivity contribution < 1.29 is 19.6 Å². The third-order valence-corrected chi connectivity index (χ3v) is 3.89. The van der Waals surface area contributed by atoms with Gasteiger partial charge < -0.3 is 5.11 Å². The molecule has 23 heavy (non-hydrogen) atoms. The third-order valence-electron chi connectivity index (χ3n) is 3.53. The first-order chi connectivity index (χ1) is 10.9. The lowest BCUT2D eigenvalue weighted by atomic mass is 9.85. The van der Waals surface area contributed by atoms with Gasteiger partial charge in [-0.15, -0.1) is 0 Å². The maximum atomic E-state index is 12.6. The van der Waals surface area contributed by atoms with Gasteiger partial charge in [0, 0.05) is 17.7 Å². The van der Waals surface area contributed by atoms with Gasteiger partial charge in [0.2, 0.25) is 5.78 Å². The van der Waals surface area contributed by atoms with Gasteiger partial charge in [0.1, 0.15) is 10.8 Å². The number of hydrogen-bond acceptors (Lipinski definition) is 5. The van der Waals surface area contributed by atoms with Crippen LogP contribution in [0.1, 0.15) is 26.3 Å². The zero-order valence-electron chi connectivity index (χ0n) is 11.4. The highest BCUT2D eigenvalue weighted by Gasteiger charge is 2.34. The molecular formula is C16H8ClNO5. The zero-order valence-corrected chi connectivity index (χ0v) is 12.2. The van der Waals surface area contributed by atoms with Crippen LogP contribution in [-0.4, -0.2) is 21.6 Å². The number of nitro groups is 1. The molecule has 0 saturated heterocycles. The van der Waals surface area contributed by atoms with Gasteiger partial charge in [0.25, 0.3) is 5.69 Å². The van der Waals surface area contributed by atoms with Crippen molar-refractivity contribution in [2.45, 2.75) is 0 Å². The minimum atomic E-state index is -0.660. The van der Waals surface area contributed by atoms with Crippen LogP contribution in [0, 0.1) is 10.1 Å². The van der Waals surface area contributed by atoms with E-state index in [-0.39, 0.29) is 33.2 Å². The maximum absolute atomic E-state index is 12.6. The van der Waals surface area contributed by atoms with Crippen LogP contribution in [0.25, 0.3) is 5.57 Å².